The maximum atomic E-state index is 3.92. The topological polar surface area (TPSA) is 0 Å². The molecule has 0 fully saturated rings. The van der Waals surface area contributed by atoms with Crippen LogP contribution in [0.15, 0.2) is 55.3 Å². The van der Waals surface area contributed by atoms with Gasteiger partial charge in [-0.05, 0) is 53.6 Å². The van der Waals surface area contributed by atoms with Crippen LogP contribution in [-0.4, -0.2) is 0 Å². The summed E-state index contributed by atoms with van der Waals surface area (Å²) in [5, 5.41) is 0. The highest BCUT2D eigenvalue weighted by molar-refractivity contribution is 5.91. The summed E-state index contributed by atoms with van der Waals surface area (Å²) in [6, 6.07) is 11.1. The zero-order valence-corrected chi connectivity index (χ0v) is 12.8. The van der Waals surface area contributed by atoms with Gasteiger partial charge in [-0.2, -0.15) is 0 Å². The quantitative estimate of drug-likeness (QED) is 0.505. The normalized spacial score (nSPS) is 12.4. The molecule has 0 amide bonds. The molecule has 0 atom stereocenters. The second kappa shape index (κ2) is 5.24. The Morgan fingerprint density at radius 3 is 2.71 bits per heavy atom. The summed E-state index contributed by atoms with van der Waals surface area (Å²) in [5.41, 5.74) is 13.8. The number of hydrogen-bond acceptors (Lipinski definition) is 0. The van der Waals surface area contributed by atoms with Crippen LogP contribution in [0.2, 0.25) is 0 Å². The van der Waals surface area contributed by atoms with E-state index in [1.807, 2.05) is 6.08 Å². The highest BCUT2D eigenvalue weighted by Crippen LogP contribution is 2.43. The first kappa shape index (κ1) is 13.7. The zero-order valence-electron chi connectivity index (χ0n) is 12.8. The van der Waals surface area contributed by atoms with E-state index in [1.54, 1.807) is 0 Å². The first-order chi connectivity index (χ1) is 10.2. The minimum Gasteiger partial charge on any atom is -0.124 e. The number of fused-ring (bicyclic) bond motifs is 3. The highest BCUT2D eigenvalue weighted by atomic mass is 14.3. The lowest BCUT2D eigenvalue weighted by Crippen LogP contribution is -2.07. The molecular formula is C21H20. The molecule has 0 heterocycles. The molecular weight excluding hydrogens is 252 g/mol. The summed E-state index contributed by atoms with van der Waals surface area (Å²) in [7, 11) is 0. The Hall–Kier alpha value is -2.30. The van der Waals surface area contributed by atoms with Crippen LogP contribution in [0.5, 0.6) is 0 Å². The SMILES string of the molecule is C=C=C1Cc2cccc(C)c2-c2c(CC=C)cc(C)cc21. The van der Waals surface area contributed by atoms with Crippen molar-refractivity contribution in [2.24, 2.45) is 0 Å². The van der Waals surface area contributed by atoms with Crippen molar-refractivity contribution in [1.82, 2.24) is 0 Å². The third-order valence-electron chi connectivity index (χ3n) is 4.24. The van der Waals surface area contributed by atoms with Crippen molar-refractivity contribution < 1.29 is 0 Å². The molecule has 0 saturated carbocycles. The predicted molar refractivity (Wildman–Crippen MR) is 91.5 cm³/mol. The minimum atomic E-state index is 0.891. The van der Waals surface area contributed by atoms with E-state index >= 15 is 0 Å². The largest absolute Gasteiger partial charge is 0.124 e. The fourth-order valence-electron chi connectivity index (χ4n) is 3.39. The van der Waals surface area contributed by atoms with Gasteiger partial charge in [0.2, 0.25) is 0 Å². The molecule has 0 nitrogen and oxygen atoms in total. The van der Waals surface area contributed by atoms with Crippen LogP contribution in [0, 0.1) is 13.8 Å². The van der Waals surface area contributed by atoms with E-state index in [1.165, 1.54) is 44.5 Å². The van der Waals surface area contributed by atoms with Crippen LogP contribution in [0.1, 0.15) is 27.8 Å². The van der Waals surface area contributed by atoms with Crippen molar-refractivity contribution in [3.05, 3.63) is 83.1 Å². The molecule has 0 unspecified atom stereocenters. The molecule has 0 saturated heterocycles. The molecule has 1 aliphatic carbocycles. The summed E-state index contributed by atoms with van der Waals surface area (Å²) < 4.78 is 0. The molecule has 0 aliphatic heterocycles. The predicted octanol–water partition coefficient (Wildman–Crippen LogP) is 5.42. The van der Waals surface area contributed by atoms with Crippen LogP contribution in [0.4, 0.5) is 0 Å². The molecule has 2 aromatic rings. The van der Waals surface area contributed by atoms with Gasteiger partial charge in [-0.1, -0.05) is 48.6 Å². The second-order valence-corrected chi connectivity index (χ2v) is 5.78. The highest BCUT2D eigenvalue weighted by Gasteiger charge is 2.23. The summed E-state index contributed by atoms with van der Waals surface area (Å²) >= 11 is 0. The first-order valence-electron chi connectivity index (χ1n) is 7.38. The lowest BCUT2D eigenvalue weighted by Gasteiger charge is -2.26. The van der Waals surface area contributed by atoms with Crippen molar-refractivity contribution in [3.8, 4) is 11.1 Å². The van der Waals surface area contributed by atoms with Gasteiger partial charge in [0.15, 0.2) is 0 Å². The van der Waals surface area contributed by atoms with Gasteiger partial charge in [-0.3, -0.25) is 0 Å². The number of hydrogen-bond donors (Lipinski definition) is 0. The summed E-state index contributed by atoms with van der Waals surface area (Å²) in [5.74, 6) is 0. The average Bonchev–Trinajstić information content (AvgIpc) is 2.46. The molecule has 0 spiro atoms. The van der Waals surface area contributed by atoms with Crippen LogP contribution in [0.25, 0.3) is 16.7 Å². The summed E-state index contributed by atoms with van der Waals surface area (Å²) in [6.45, 7) is 12.2. The fraction of sp³-hybridized carbons (Fsp3) is 0.190. The number of benzene rings is 2. The van der Waals surface area contributed by atoms with Gasteiger partial charge < -0.3 is 0 Å². The molecule has 104 valence electrons. The monoisotopic (exact) mass is 272 g/mol. The van der Waals surface area contributed by atoms with E-state index in [-0.39, 0.29) is 0 Å². The Bertz CT molecular complexity index is 784. The maximum Gasteiger partial charge on any atom is 0.00602 e. The van der Waals surface area contributed by atoms with E-state index in [0.717, 1.165) is 12.8 Å². The van der Waals surface area contributed by atoms with E-state index in [4.69, 9.17) is 0 Å². The van der Waals surface area contributed by atoms with Crippen molar-refractivity contribution in [2.45, 2.75) is 26.7 Å². The zero-order chi connectivity index (χ0) is 15.0. The Kier molecular flexibility index (Phi) is 3.41. The van der Waals surface area contributed by atoms with Gasteiger partial charge in [0, 0.05) is 12.0 Å². The standard InChI is InChI=1S/C21H20/c1-5-8-17-11-14(3)12-19-16(6-2)13-18-10-7-9-15(4)20(18)21(17)19/h5,7,9-12H,1-2,8,13H2,3-4H3. The van der Waals surface area contributed by atoms with Gasteiger partial charge in [-0.15, -0.1) is 12.3 Å². The van der Waals surface area contributed by atoms with Crippen molar-refractivity contribution in [3.63, 3.8) is 0 Å². The molecule has 2 aromatic carbocycles. The van der Waals surface area contributed by atoms with Gasteiger partial charge in [0.25, 0.3) is 0 Å². The van der Waals surface area contributed by atoms with Crippen molar-refractivity contribution in [1.29, 1.82) is 0 Å². The summed E-state index contributed by atoms with van der Waals surface area (Å²) in [4.78, 5) is 0. The van der Waals surface area contributed by atoms with E-state index < -0.39 is 0 Å². The number of aryl methyl sites for hydroxylation is 2. The second-order valence-electron chi connectivity index (χ2n) is 5.78. The molecule has 0 radical (unpaired) electrons. The van der Waals surface area contributed by atoms with Crippen LogP contribution in [0.3, 0.4) is 0 Å². The van der Waals surface area contributed by atoms with Gasteiger partial charge in [0.1, 0.15) is 0 Å². The lowest BCUT2D eigenvalue weighted by molar-refractivity contribution is 1.18. The molecule has 21 heavy (non-hydrogen) atoms. The van der Waals surface area contributed by atoms with E-state index in [0.29, 0.717) is 0 Å². The maximum absolute atomic E-state index is 3.92. The molecule has 1 aliphatic rings. The Balaban J connectivity index is 2.43. The molecule has 0 heteroatoms. The van der Waals surface area contributed by atoms with Gasteiger partial charge in [0.05, 0.1) is 0 Å². The number of rotatable bonds is 2. The Labute approximate surface area is 127 Å². The molecule has 0 aromatic heterocycles. The van der Waals surface area contributed by atoms with Crippen LogP contribution < -0.4 is 0 Å². The first-order valence-corrected chi connectivity index (χ1v) is 7.38. The van der Waals surface area contributed by atoms with E-state index in [9.17, 15) is 0 Å². The summed E-state index contributed by atoms with van der Waals surface area (Å²) in [6.07, 6.45) is 3.80. The van der Waals surface area contributed by atoms with Crippen LogP contribution >= 0.6 is 0 Å². The average molecular weight is 272 g/mol. The minimum absolute atomic E-state index is 0.891. The van der Waals surface area contributed by atoms with Crippen LogP contribution in [-0.2, 0) is 12.8 Å². The van der Waals surface area contributed by atoms with Gasteiger partial charge >= 0.3 is 0 Å². The third kappa shape index (κ3) is 2.18. The fourth-order valence-corrected chi connectivity index (χ4v) is 3.39. The van der Waals surface area contributed by atoms with Gasteiger partial charge in [-0.25, -0.2) is 0 Å². The Morgan fingerprint density at radius 1 is 1.19 bits per heavy atom. The smallest absolute Gasteiger partial charge is 0.00602 e. The Morgan fingerprint density at radius 2 is 2.00 bits per heavy atom. The van der Waals surface area contributed by atoms with Crippen molar-refractivity contribution in [2.75, 3.05) is 0 Å². The third-order valence-corrected chi connectivity index (χ3v) is 4.24. The lowest BCUT2D eigenvalue weighted by atomic mass is 9.77. The molecule has 0 N–H and O–H groups in total. The molecule has 0 bridgehead atoms. The van der Waals surface area contributed by atoms with Crippen molar-refractivity contribution >= 4 is 5.57 Å². The van der Waals surface area contributed by atoms with E-state index in [2.05, 4.69) is 63.1 Å². The number of allylic oxidation sites excluding steroid dienone is 2. The molecule has 3 rings (SSSR count).